The van der Waals surface area contributed by atoms with E-state index in [2.05, 4.69) is 16.2 Å². The maximum atomic E-state index is 5.90. The normalized spacial score (nSPS) is 17.4. The summed E-state index contributed by atoms with van der Waals surface area (Å²) in [4.78, 5) is 2.37. The number of nitrogens with zero attached hydrogens (tertiary/aromatic N) is 2. The van der Waals surface area contributed by atoms with Gasteiger partial charge in [-0.1, -0.05) is 13.3 Å². The molecule has 18 heavy (non-hydrogen) atoms. The summed E-state index contributed by atoms with van der Waals surface area (Å²) in [6, 6.07) is 0. The van der Waals surface area contributed by atoms with Crippen LogP contribution < -0.4 is 15.4 Å². The van der Waals surface area contributed by atoms with Crippen molar-refractivity contribution >= 4 is 22.4 Å². The second kappa shape index (κ2) is 5.78. The first-order valence-corrected chi connectivity index (χ1v) is 7.55. The Kier molecular flexibility index (Phi) is 4.32. The van der Waals surface area contributed by atoms with Crippen molar-refractivity contribution < 1.29 is 4.74 Å². The highest BCUT2D eigenvalue weighted by atomic mass is 32.1. The summed E-state index contributed by atoms with van der Waals surface area (Å²) in [5.74, 6) is 2.19. The van der Waals surface area contributed by atoms with Crippen LogP contribution in [0, 0.1) is 5.92 Å². The molecule has 2 heterocycles. The van der Waals surface area contributed by atoms with Gasteiger partial charge >= 0.3 is 0 Å². The first kappa shape index (κ1) is 13.5. The molecule has 0 bridgehead atoms. The molecule has 0 amide bonds. The van der Waals surface area contributed by atoms with E-state index in [0.717, 1.165) is 29.8 Å². The van der Waals surface area contributed by atoms with E-state index in [1.54, 1.807) is 0 Å². The molecule has 0 saturated carbocycles. The Hall–Kier alpha value is -0.970. The largest absolute Gasteiger partial charge is 0.484 e. The fourth-order valence-corrected chi connectivity index (χ4v) is 3.18. The zero-order valence-electron chi connectivity index (χ0n) is 11.5. The van der Waals surface area contributed by atoms with Gasteiger partial charge in [0.2, 0.25) is 0 Å². The average Bonchev–Trinajstić information content (AvgIpc) is 2.71. The average molecular weight is 269 g/mol. The van der Waals surface area contributed by atoms with Gasteiger partial charge in [-0.25, -0.2) is 0 Å². The van der Waals surface area contributed by atoms with Gasteiger partial charge in [0.05, 0.1) is 6.10 Å². The summed E-state index contributed by atoms with van der Waals surface area (Å²) in [6.07, 6.45) is 3.94. The van der Waals surface area contributed by atoms with Crippen LogP contribution in [0.15, 0.2) is 0 Å². The predicted octanol–water partition coefficient (Wildman–Crippen LogP) is 3.14. The van der Waals surface area contributed by atoms with Crippen LogP contribution in [0.2, 0.25) is 0 Å². The molecule has 4 nitrogen and oxygen atoms in total. The number of nitrogen functional groups attached to an aromatic ring is 1. The standard InChI is InChI=1S/C13H23N3OS/c1-4-10-5-7-16(8-6-10)13-11(17-9(2)3)12(14)15-18-13/h9-10H,4-8H2,1-3H3,(H2,14,15). The van der Waals surface area contributed by atoms with Crippen LogP contribution in [0.1, 0.15) is 40.0 Å². The summed E-state index contributed by atoms with van der Waals surface area (Å²) in [6.45, 7) is 8.50. The molecule has 1 fully saturated rings. The topological polar surface area (TPSA) is 51.4 Å². The van der Waals surface area contributed by atoms with Crippen LogP contribution in [-0.4, -0.2) is 23.6 Å². The monoisotopic (exact) mass is 269 g/mol. The fraction of sp³-hybridized carbons (Fsp3) is 0.769. The molecular formula is C13H23N3OS. The van der Waals surface area contributed by atoms with E-state index in [1.165, 1.54) is 30.8 Å². The predicted molar refractivity (Wildman–Crippen MR) is 77.5 cm³/mol. The van der Waals surface area contributed by atoms with Gasteiger partial charge in [0.25, 0.3) is 0 Å². The Balaban J connectivity index is 2.09. The lowest BCUT2D eigenvalue weighted by Gasteiger charge is -2.32. The molecule has 1 aromatic rings. The first-order chi connectivity index (χ1) is 8.61. The van der Waals surface area contributed by atoms with E-state index in [-0.39, 0.29) is 6.10 Å². The number of ether oxygens (including phenoxy) is 1. The molecule has 0 aliphatic carbocycles. The minimum atomic E-state index is 0.135. The molecule has 2 N–H and O–H groups in total. The van der Waals surface area contributed by atoms with Crippen molar-refractivity contribution in [1.29, 1.82) is 0 Å². The van der Waals surface area contributed by atoms with Gasteiger partial charge in [0, 0.05) is 13.1 Å². The first-order valence-electron chi connectivity index (χ1n) is 6.78. The molecule has 1 aromatic heterocycles. The quantitative estimate of drug-likeness (QED) is 0.912. The zero-order valence-corrected chi connectivity index (χ0v) is 12.3. The molecule has 1 saturated heterocycles. The smallest absolute Gasteiger partial charge is 0.198 e. The highest BCUT2D eigenvalue weighted by Crippen LogP contribution is 2.40. The molecular weight excluding hydrogens is 246 g/mol. The second-order valence-electron chi connectivity index (χ2n) is 5.21. The van der Waals surface area contributed by atoms with Crippen LogP contribution in [-0.2, 0) is 0 Å². The molecule has 0 spiro atoms. The minimum absolute atomic E-state index is 0.135. The van der Waals surface area contributed by atoms with E-state index in [9.17, 15) is 0 Å². The summed E-state index contributed by atoms with van der Waals surface area (Å²) in [5.41, 5.74) is 5.90. The SMILES string of the molecule is CCC1CCN(c2snc(N)c2OC(C)C)CC1. The lowest BCUT2D eigenvalue weighted by molar-refractivity contribution is 0.244. The van der Waals surface area contributed by atoms with Gasteiger partial charge in [0.15, 0.2) is 16.6 Å². The number of anilines is 2. The van der Waals surface area contributed by atoms with Gasteiger partial charge in [-0.15, -0.1) is 0 Å². The second-order valence-corrected chi connectivity index (χ2v) is 5.96. The van der Waals surface area contributed by atoms with Crippen molar-refractivity contribution in [2.75, 3.05) is 23.7 Å². The van der Waals surface area contributed by atoms with Gasteiger partial charge in [-0.2, -0.15) is 4.37 Å². The minimum Gasteiger partial charge on any atom is -0.484 e. The van der Waals surface area contributed by atoms with Gasteiger partial charge < -0.3 is 15.4 Å². The molecule has 2 rings (SSSR count). The third-order valence-corrected chi connectivity index (χ3v) is 4.39. The Bertz CT molecular complexity index is 384. The van der Waals surface area contributed by atoms with Crippen molar-refractivity contribution in [2.24, 2.45) is 5.92 Å². The summed E-state index contributed by atoms with van der Waals surface area (Å²) < 4.78 is 10.0. The molecule has 0 unspecified atom stereocenters. The number of aromatic nitrogens is 1. The summed E-state index contributed by atoms with van der Waals surface area (Å²) in [7, 11) is 0. The third-order valence-electron chi connectivity index (χ3n) is 3.49. The molecule has 0 atom stereocenters. The van der Waals surface area contributed by atoms with E-state index in [0.29, 0.717) is 5.82 Å². The summed E-state index contributed by atoms with van der Waals surface area (Å²) in [5, 5.41) is 1.11. The Morgan fingerprint density at radius 3 is 2.67 bits per heavy atom. The van der Waals surface area contributed by atoms with Crippen molar-refractivity contribution in [3.63, 3.8) is 0 Å². The number of piperidine rings is 1. The highest BCUT2D eigenvalue weighted by Gasteiger charge is 2.24. The van der Waals surface area contributed by atoms with Crippen LogP contribution in [0.3, 0.4) is 0 Å². The zero-order chi connectivity index (χ0) is 13.1. The van der Waals surface area contributed by atoms with Crippen molar-refractivity contribution in [3.8, 4) is 5.75 Å². The molecule has 1 aliphatic rings. The van der Waals surface area contributed by atoms with Crippen molar-refractivity contribution in [2.45, 2.75) is 46.1 Å². The number of hydrogen-bond acceptors (Lipinski definition) is 5. The fourth-order valence-electron chi connectivity index (χ4n) is 2.38. The van der Waals surface area contributed by atoms with E-state index < -0.39 is 0 Å². The van der Waals surface area contributed by atoms with Crippen molar-refractivity contribution in [3.05, 3.63) is 0 Å². The highest BCUT2D eigenvalue weighted by molar-refractivity contribution is 7.11. The van der Waals surface area contributed by atoms with Gasteiger partial charge in [0.1, 0.15) is 0 Å². The van der Waals surface area contributed by atoms with E-state index in [1.807, 2.05) is 13.8 Å². The van der Waals surface area contributed by atoms with Crippen LogP contribution in [0.25, 0.3) is 0 Å². The van der Waals surface area contributed by atoms with E-state index in [4.69, 9.17) is 10.5 Å². The lowest BCUT2D eigenvalue weighted by Crippen LogP contribution is -2.33. The maximum absolute atomic E-state index is 5.90. The Labute approximate surface area is 113 Å². The van der Waals surface area contributed by atoms with Crippen LogP contribution >= 0.6 is 11.5 Å². The van der Waals surface area contributed by atoms with Crippen molar-refractivity contribution in [1.82, 2.24) is 4.37 Å². The van der Waals surface area contributed by atoms with Gasteiger partial charge in [-0.3, -0.25) is 0 Å². The van der Waals surface area contributed by atoms with Crippen LogP contribution in [0.4, 0.5) is 10.8 Å². The number of hydrogen-bond donors (Lipinski definition) is 1. The molecule has 102 valence electrons. The molecule has 0 radical (unpaired) electrons. The lowest BCUT2D eigenvalue weighted by atomic mass is 9.95. The molecule has 5 heteroatoms. The Morgan fingerprint density at radius 1 is 1.44 bits per heavy atom. The molecule has 0 aromatic carbocycles. The van der Waals surface area contributed by atoms with E-state index >= 15 is 0 Å². The number of rotatable bonds is 4. The third kappa shape index (κ3) is 2.88. The number of nitrogens with two attached hydrogens (primary N) is 1. The molecule has 1 aliphatic heterocycles. The Morgan fingerprint density at radius 2 is 2.11 bits per heavy atom. The maximum Gasteiger partial charge on any atom is 0.198 e. The van der Waals surface area contributed by atoms with Gasteiger partial charge in [-0.05, 0) is 44.1 Å². The van der Waals surface area contributed by atoms with Crippen LogP contribution in [0.5, 0.6) is 5.75 Å². The summed E-state index contributed by atoms with van der Waals surface area (Å²) >= 11 is 1.46.